The van der Waals surface area contributed by atoms with Gasteiger partial charge in [-0.2, -0.15) is 0 Å². The zero-order valence-corrected chi connectivity index (χ0v) is 17.8. The number of benzene rings is 1. The Morgan fingerprint density at radius 2 is 2.06 bits per heavy atom. The molecular weight excluding hydrogens is 399 g/mol. The second kappa shape index (κ2) is 8.91. The van der Waals surface area contributed by atoms with E-state index in [1.165, 1.54) is 26.2 Å². The van der Waals surface area contributed by atoms with Gasteiger partial charge in [-0.25, -0.2) is 9.37 Å². The topological polar surface area (TPSA) is 74.8 Å². The van der Waals surface area contributed by atoms with Crippen LogP contribution in [0.5, 0.6) is 5.75 Å². The molecule has 2 fully saturated rings. The number of pyridine rings is 1. The van der Waals surface area contributed by atoms with Gasteiger partial charge in [-0.3, -0.25) is 9.59 Å². The van der Waals surface area contributed by atoms with Gasteiger partial charge in [0.25, 0.3) is 5.91 Å². The summed E-state index contributed by atoms with van der Waals surface area (Å²) in [4.78, 5) is 33.4. The first-order valence-corrected chi connectivity index (χ1v) is 10.6. The molecule has 8 heteroatoms. The number of carbonyl (C=O) groups is 2. The Kier molecular flexibility index (Phi) is 6.06. The third-order valence-corrected chi connectivity index (χ3v) is 6.09. The maximum atomic E-state index is 14.1. The zero-order valence-electron chi connectivity index (χ0n) is 17.8. The number of aromatic nitrogens is 1. The number of ether oxygens (including phenoxy) is 1. The number of hydrogen-bond acceptors (Lipinski definition) is 5. The number of nitrogens with zero attached hydrogens (tertiary/aromatic N) is 3. The summed E-state index contributed by atoms with van der Waals surface area (Å²) in [5.41, 5.74) is 0.996. The molecule has 0 unspecified atom stereocenters. The monoisotopic (exact) mass is 426 g/mol. The van der Waals surface area contributed by atoms with Gasteiger partial charge >= 0.3 is 0 Å². The summed E-state index contributed by atoms with van der Waals surface area (Å²) in [6.45, 7) is 3.44. The minimum Gasteiger partial charge on any atom is -0.494 e. The molecular formula is C23H27FN4O3. The summed E-state index contributed by atoms with van der Waals surface area (Å²) in [6.07, 6.45) is 4.84. The van der Waals surface area contributed by atoms with Crippen LogP contribution in [0.4, 0.5) is 15.9 Å². The van der Waals surface area contributed by atoms with Crippen LogP contribution in [0.3, 0.4) is 0 Å². The average Bonchev–Trinajstić information content (AvgIpc) is 3.07. The Morgan fingerprint density at radius 3 is 2.81 bits per heavy atom. The van der Waals surface area contributed by atoms with Crippen LogP contribution in [0.15, 0.2) is 36.5 Å². The summed E-state index contributed by atoms with van der Waals surface area (Å²) in [6, 6.07) is 8.06. The number of amides is 2. The first-order chi connectivity index (χ1) is 15.0. The highest BCUT2D eigenvalue weighted by Gasteiger charge is 2.41. The molecule has 3 heterocycles. The molecule has 0 radical (unpaired) electrons. The van der Waals surface area contributed by atoms with Gasteiger partial charge in [0, 0.05) is 38.3 Å². The van der Waals surface area contributed by atoms with Crippen molar-refractivity contribution in [2.45, 2.75) is 32.2 Å². The number of methoxy groups -OCH3 is 1. The molecule has 0 aliphatic carbocycles. The molecule has 2 saturated heterocycles. The zero-order chi connectivity index (χ0) is 22.0. The third kappa shape index (κ3) is 4.33. The van der Waals surface area contributed by atoms with Crippen molar-refractivity contribution < 1.29 is 18.7 Å². The van der Waals surface area contributed by atoms with E-state index in [4.69, 9.17) is 4.74 Å². The van der Waals surface area contributed by atoms with Gasteiger partial charge in [-0.1, -0.05) is 6.42 Å². The Labute approximate surface area is 181 Å². The maximum Gasteiger partial charge on any atom is 0.254 e. The Bertz CT molecular complexity index is 983. The highest BCUT2D eigenvalue weighted by atomic mass is 19.1. The van der Waals surface area contributed by atoms with Gasteiger partial charge in [-0.05, 0) is 49.1 Å². The van der Waals surface area contributed by atoms with E-state index in [0.717, 1.165) is 31.6 Å². The second-order valence-corrected chi connectivity index (χ2v) is 8.13. The van der Waals surface area contributed by atoms with Crippen LogP contribution in [0.25, 0.3) is 0 Å². The van der Waals surface area contributed by atoms with Crippen molar-refractivity contribution in [2.75, 3.05) is 37.0 Å². The Morgan fingerprint density at radius 1 is 1.23 bits per heavy atom. The van der Waals surface area contributed by atoms with E-state index in [0.29, 0.717) is 30.3 Å². The highest BCUT2D eigenvalue weighted by Crippen LogP contribution is 2.36. The number of fused-ring (bicyclic) bond motifs is 1. The predicted molar refractivity (Wildman–Crippen MR) is 116 cm³/mol. The van der Waals surface area contributed by atoms with Crippen LogP contribution < -0.4 is 15.0 Å². The number of rotatable bonds is 4. The van der Waals surface area contributed by atoms with Crippen molar-refractivity contribution in [1.29, 1.82) is 0 Å². The van der Waals surface area contributed by atoms with Crippen LogP contribution in [-0.2, 0) is 4.79 Å². The molecule has 2 aromatic rings. The van der Waals surface area contributed by atoms with Crippen LogP contribution in [0.1, 0.15) is 36.5 Å². The summed E-state index contributed by atoms with van der Waals surface area (Å²) in [7, 11) is 1.40. The van der Waals surface area contributed by atoms with Crippen molar-refractivity contribution in [3.05, 3.63) is 47.9 Å². The molecule has 2 aliphatic heterocycles. The number of halogens is 1. The fraction of sp³-hybridized carbons (Fsp3) is 0.435. The largest absolute Gasteiger partial charge is 0.494 e. The molecule has 0 bridgehead atoms. The molecule has 164 valence electrons. The first-order valence-electron chi connectivity index (χ1n) is 10.6. The van der Waals surface area contributed by atoms with Gasteiger partial charge in [0.2, 0.25) is 5.91 Å². The Balaban J connectivity index is 1.59. The minimum atomic E-state index is -0.545. The van der Waals surface area contributed by atoms with Crippen LogP contribution in [0.2, 0.25) is 0 Å². The van der Waals surface area contributed by atoms with Crippen molar-refractivity contribution in [3.63, 3.8) is 0 Å². The molecule has 0 saturated carbocycles. The molecule has 1 N–H and O–H groups in total. The summed E-state index contributed by atoms with van der Waals surface area (Å²) < 4.78 is 19.1. The fourth-order valence-electron chi connectivity index (χ4n) is 4.67. The second-order valence-electron chi connectivity index (χ2n) is 8.13. The van der Waals surface area contributed by atoms with Crippen molar-refractivity contribution in [3.8, 4) is 5.75 Å². The summed E-state index contributed by atoms with van der Waals surface area (Å²) in [5, 5.41) is 2.87. The third-order valence-electron chi connectivity index (χ3n) is 6.09. The molecule has 0 spiro atoms. The van der Waals surface area contributed by atoms with E-state index < -0.39 is 5.82 Å². The smallest absolute Gasteiger partial charge is 0.254 e. The first kappa shape index (κ1) is 21.1. The van der Waals surface area contributed by atoms with Crippen molar-refractivity contribution >= 4 is 23.3 Å². The normalized spacial score (nSPS) is 20.7. The molecule has 2 aliphatic rings. The van der Waals surface area contributed by atoms with Gasteiger partial charge in [-0.15, -0.1) is 0 Å². The van der Waals surface area contributed by atoms with Crippen LogP contribution in [-0.4, -0.2) is 54.5 Å². The number of anilines is 2. The lowest BCUT2D eigenvalue weighted by molar-refractivity contribution is -0.114. The number of carbonyl (C=O) groups excluding carboxylic acids is 2. The molecule has 4 rings (SSSR count). The van der Waals surface area contributed by atoms with E-state index >= 15 is 0 Å². The van der Waals surface area contributed by atoms with E-state index in [2.05, 4.69) is 15.2 Å². The highest BCUT2D eigenvalue weighted by molar-refractivity contribution is 5.95. The lowest BCUT2D eigenvalue weighted by Crippen LogP contribution is -2.42. The lowest BCUT2D eigenvalue weighted by Gasteiger charge is -2.32. The van der Waals surface area contributed by atoms with Gasteiger partial charge in [0.1, 0.15) is 0 Å². The average molecular weight is 426 g/mol. The SMILES string of the molecule is COc1ccc(C(=O)N2C[C@H]3CCCCN(c4ncccc4NC(C)=O)[C@H]3C2)cc1F. The summed E-state index contributed by atoms with van der Waals surface area (Å²) >= 11 is 0. The van der Waals surface area contributed by atoms with Gasteiger partial charge in [0.15, 0.2) is 17.4 Å². The van der Waals surface area contributed by atoms with Crippen LogP contribution in [0, 0.1) is 11.7 Å². The number of nitrogens with one attached hydrogen (secondary N) is 1. The molecule has 2 amide bonds. The van der Waals surface area contributed by atoms with Crippen LogP contribution >= 0.6 is 0 Å². The molecule has 7 nitrogen and oxygen atoms in total. The van der Waals surface area contributed by atoms with Crippen molar-refractivity contribution in [1.82, 2.24) is 9.88 Å². The van der Waals surface area contributed by atoms with E-state index in [-0.39, 0.29) is 23.6 Å². The standard InChI is InChI=1S/C23H27FN4O3/c1-15(29)26-19-7-5-10-25-22(19)28-11-4-3-6-17-13-27(14-20(17)28)23(30)16-8-9-21(31-2)18(24)12-16/h5,7-10,12,17,20H,3-4,6,11,13-14H2,1-2H3,(H,26,29)/t17-,20+/m1/s1. The summed E-state index contributed by atoms with van der Waals surface area (Å²) in [5.74, 6) is 0.274. The van der Waals surface area contributed by atoms with Gasteiger partial charge in [0.05, 0.1) is 18.8 Å². The molecule has 1 aromatic heterocycles. The maximum absolute atomic E-state index is 14.1. The van der Waals surface area contributed by atoms with Gasteiger partial charge < -0.3 is 19.9 Å². The Hall–Kier alpha value is -3.16. The minimum absolute atomic E-state index is 0.0944. The van der Waals surface area contributed by atoms with Crippen molar-refractivity contribution in [2.24, 2.45) is 5.92 Å². The lowest BCUT2D eigenvalue weighted by atomic mass is 9.98. The molecule has 2 atom stereocenters. The quantitative estimate of drug-likeness (QED) is 0.812. The fourth-order valence-corrected chi connectivity index (χ4v) is 4.67. The molecule has 1 aromatic carbocycles. The van der Waals surface area contributed by atoms with E-state index in [1.54, 1.807) is 23.2 Å². The molecule has 31 heavy (non-hydrogen) atoms. The predicted octanol–water partition coefficient (Wildman–Crippen LogP) is 3.32. The number of likely N-dealkylation sites (tertiary alicyclic amines) is 1. The number of hydrogen-bond donors (Lipinski definition) is 1. The van der Waals surface area contributed by atoms with E-state index in [9.17, 15) is 14.0 Å². The van der Waals surface area contributed by atoms with E-state index in [1.807, 2.05) is 6.07 Å².